The predicted molar refractivity (Wildman–Crippen MR) is 102 cm³/mol. The molecule has 1 aliphatic heterocycles. The lowest BCUT2D eigenvalue weighted by atomic mass is 10.1. The number of amides is 1. The van der Waals surface area contributed by atoms with Gasteiger partial charge in [-0.25, -0.2) is 0 Å². The van der Waals surface area contributed by atoms with Crippen LogP contribution in [0.1, 0.15) is 21.5 Å². The van der Waals surface area contributed by atoms with Gasteiger partial charge in [0.15, 0.2) is 11.5 Å². The van der Waals surface area contributed by atoms with E-state index in [4.69, 9.17) is 9.47 Å². The third kappa shape index (κ3) is 3.92. The highest BCUT2D eigenvalue weighted by Gasteiger charge is 2.14. The first-order chi connectivity index (χ1) is 13.2. The molecule has 0 spiro atoms. The largest absolute Gasteiger partial charge is 0.486 e. The first kappa shape index (κ1) is 17.1. The number of nitrogens with zero attached hydrogens (tertiary/aromatic N) is 2. The fourth-order valence-electron chi connectivity index (χ4n) is 2.94. The highest BCUT2D eigenvalue weighted by atomic mass is 16.6. The van der Waals surface area contributed by atoms with Gasteiger partial charge in [-0.15, -0.1) is 0 Å². The fraction of sp³-hybridized carbons (Fsp3) is 0.182. The van der Waals surface area contributed by atoms with Crippen molar-refractivity contribution in [3.63, 3.8) is 0 Å². The molecule has 2 aromatic carbocycles. The summed E-state index contributed by atoms with van der Waals surface area (Å²) in [6, 6.07) is 19.1. The number of hydrogen-bond donors (Lipinski definition) is 0. The summed E-state index contributed by atoms with van der Waals surface area (Å²) in [4.78, 5) is 17.0. The number of aryl methyl sites for hydroxylation is 1. The SMILES string of the molecule is Cc1ccc(Cn2ccccc2=NC(=O)c2ccc3c(c2)OCCO3)cc1. The van der Waals surface area contributed by atoms with Crippen molar-refractivity contribution in [1.82, 2.24) is 4.57 Å². The maximum absolute atomic E-state index is 12.7. The lowest BCUT2D eigenvalue weighted by Gasteiger charge is -2.18. The normalized spacial score (nSPS) is 13.4. The van der Waals surface area contributed by atoms with Crippen LogP contribution in [0.3, 0.4) is 0 Å². The number of ether oxygens (including phenoxy) is 2. The van der Waals surface area contributed by atoms with Gasteiger partial charge in [-0.2, -0.15) is 4.99 Å². The van der Waals surface area contributed by atoms with Crippen molar-refractivity contribution in [3.8, 4) is 11.5 Å². The molecule has 136 valence electrons. The topological polar surface area (TPSA) is 52.8 Å². The maximum atomic E-state index is 12.7. The molecule has 0 bridgehead atoms. The highest BCUT2D eigenvalue weighted by molar-refractivity contribution is 5.95. The molecule has 4 rings (SSSR count). The highest BCUT2D eigenvalue weighted by Crippen LogP contribution is 2.30. The van der Waals surface area contributed by atoms with Gasteiger partial charge in [-0.1, -0.05) is 35.9 Å². The summed E-state index contributed by atoms with van der Waals surface area (Å²) in [5.41, 5.74) is 3.46. The molecule has 1 amide bonds. The van der Waals surface area contributed by atoms with E-state index in [1.807, 2.05) is 29.0 Å². The van der Waals surface area contributed by atoms with Crippen LogP contribution >= 0.6 is 0 Å². The van der Waals surface area contributed by atoms with Crippen LogP contribution in [0.4, 0.5) is 0 Å². The van der Waals surface area contributed by atoms with Gasteiger partial charge in [-0.05, 0) is 42.8 Å². The van der Waals surface area contributed by atoms with Crippen molar-refractivity contribution in [3.05, 3.63) is 89.0 Å². The summed E-state index contributed by atoms with van der Waals surface area (Å²) in [7, 11) is 0. The molecule has 0 atom stereocenters. The van der Waals surface area contributed by atoms with Crippen LogP contribution in [0, 0.1) is 6.92 Å². The van der Waals surface area contributed by atoms with E-state index in [0.717, 1.165) is 5.56 Å². The second-order valence-electron chi connectivity index (χ2n) is 6.45. The Balaban J connectivity index is 1.63. The molecule has 2 heterocycles. The zero-order valence-electron chi connectivity index (χ0n) is 15.1. The molecule has 5 heteroatoms. The van der Waals surface area contributed by atoms with Gasteiger partial charge >= 0.3 is 0 Å². The predicted octanol–water partition coefficient (Wildman–Crippen LogP) is 3.36. The minimum Gasteiger partial charge on any atom is -0.486 e. The Morgan fingerprint density at radius 1 is 1.00 bits per heavy atom. The quantitative estimate of drug-likeness (QED) is 0.720. The van der Waals surface area contributed by atoms with E-state index in [-0.39, 0.29) is 5.91 Å². The van der Waals surface area contributed by atoms with Crippen LogP contribution in [0.25, 0.3) is 0 Å². The van der Waals surface area contributed by atoms with Crippen molar-refractivity contribution in [2.75, 3.05) is 13.2 Å². The number of carbonyl (C=O) groups is 1. The number of fused-ring (bicyclic) bond motifs is 1. The van der Waals surface area contributed by atoms with E-state index < -0.39 is 0 Å². The number of rotatable bonds is 3. The number of aromatic nitrogens is 1. The second kappa shape index (κ2) is 7.50. The summed E-state index contributed by atoms with van der Waals surface area (Å²) in [6.07, 6.45) is 1.93. The third-order valence-electron chi connectivity index (χ3n) is 4.40. The number of hydrogen-bond acceptors (Lipinski definition) is 3. The van der Waals surface area contributed by atoms with Gasteiger partial charge in [0.2, 0.25) is 0 Å². The molecule has 0 radical (unpaired) electrons. The molecule has 0 aliphatic carbocycles. The molecule has 0 saturated heterocycles. The van der Waals surface area contributed by atoms with E-state index in [1.165, 1.54) is 5.56 Å². The molecule has 0 saturated carbocycles. The standard InChI is InChI=1S/C22H20N2O3/c1-16-5-7-17(8-6-16)15-24-11-3-2-4-21(24)23-22(25)18-9-10-19-20(14-18)27-13-12-26-19/h2-11,14H,12-13,15H2,1H3. The van der Waals surface area contributed by atoms with Crippen LogP contribution in [-0.4, -0.2) is 23.7 Å². The Hall–Kier alpha value is -3.34. The number of pyridine rings is 1. The van der Waals surface area contributed by atoms with Gasteiger partial charge in [0, 0.05) is 18.3 Å². The Labute approximate surface area is 157 Å². The number of carbonyl (C=O) groups excluding carboxylic acids is 1. The van der Waals surface area contributed by atoms with E-state index in [2.05, 4.69) is 36.2 Å². The van der Waals surface area contributed by atoms with Crippen LogP contribution in [0.2, 0.25) is 0 Å². The first-order valence-corrected chi connectivity index (χ1v) is 8.89. The summed E-state index contributed by atoms with van der Waals surface area (Å²) in [5.74, 6) is 0.936. The van der Waals surface area contributed by atoms with Gasteiger partial charge in [0.25, 0.3) is 5.91 Å². The Bertz CT molecular complexity index is 1040. The molecule has 1 aromatic heterocycles. The molecule has 1 aliphatic rings. The van der Waals surface area contributed by atoms with Gasteiger partial charge in [0.1, 0.15) is 18.7 Å². The molecule has 3 aromatic rings. The maximum Gasteiger partial charge on any atom is 0.279 e. The van der Waals surface area contributed by atoms with Crippen molar-refractivity contribution >= 4 is 5.91 Å². The van der Waals surface area contributed by atoms with Crippen molar-refractivity contribution in [2.45, 2.75) is 13.5 Å². The van der Waals surface area contributed by atoms with E-state index in [1.54, 1.807) is 18.2 Å². The summed E-state index contributed by atoms with van der Waals surface area (Å²) < 4.78 is 13.0. The zero-order chi connectivity index (χ0) is 18.6. The minimum absolute atomic E-state index is 0.309. The number of benzene rings is 2. The smallest absolute Gasteiger partial charge is 0.279 e. The lowest BCUT2D eigenvalue weighted by Crippen LogP contribution is -2.22. The summed E-state index contributed by atoms with van der Waals surface area (Å²) in [5, 5.41) is 0. The van der Waals surface area contributed by atoms with Gasteiger partial charge < -0.3 is 14.0 Å². The molecule has 0 fully saturated rings. The molecular weight excluding hydrogens is 340 g/mol. The van der Waals surface area contributed by atoms with Crippen LogP contribution in [0.15, 0.2) is 71.9 Å². The Morgan fingerprint density at radius 3 is 2.59 bits per heavy atom. The van der Waals surface area contributed by atoms with Crippen LogP contribution in [0.5, 0.6) is 11.5 Å². The first-order valence-electron chi connectivity index (χ1n) is 8.89. The average Bonchev–Trinajstić information content (AvgIpc) is 2.70. The molecule has 5 nitrogen and oxygen atoms in total. The van der Waals surface area contributed by atoms with Gasteiger partial charge in [0.05, 0.1) is 0 Å². The Kier molecular flexibility index (Phi) is 4.75. The third-order valence-corrected chi connectivity index (χ3v) is 4.40. The minimum atomic E-state index is -0.309. The molecular formula is C22H20N2O3. The Morgan fingerprint density at radius 2 is 1.78 bits per heavy atom. The van der Waals surface area contributed by atoms with E-state index >= 15 is 0 Å². The van der Waals surface area contributed by atoms with Crippen molar-refractivity contribution < 1.29 is 14.3 Å². The van der Waals surface area contributed by atoms with E-state index in [0.29, 0.717) is 42.3 Å². The summed E-state index contributed by atoms with van der Waals surface area (Å²) >= 11 is 0. The zero-order valence-corrected chi connectivity index (χ0v) is 15.1. The monoisotopic (exact) mass is 360 g/mol. The second-order valence-corrected chi connectivity index (χ2v) is 6.45. The molecule has 0 N–H and O–H groups in total. The lowest BCUT2D eigenvalue weighted by molar-refractivity contribution is 0.0996. The van der Waals surface area contributed by atoms with Crippen molar-refractivity contribution in [2.24, 2.45) is 4.99 Å². The van der Waals surface area contributed by atoms with Crippen LogP contribution < -0.4 is 15.0 Å². The van der Waals surface area contributed by atoms with Gasteiger partial charge in [-0.3, -0.25) is 4.79 Å². The average molecular weight is 360 g/mol. The fourth-order valence-corrected chi connectivity index (χ4v) is 2.94. The summed E-state index contributed by atoms with van der Waals surface area (Å²) in [6.45, 7) is 3.71. The molecule has 27 heavy (non-hydrogen) atoms. The molecule has 0 unspecified atom stereocenters. The van der Waals surface area contributed by atoms with Crippen molar-refractivity contribution in [1.29, 1.82) is 0 Å². The van der Waals surface area contributed by atoms with Crippen LogP contribution in [-0.2, 0) is 6.54 Å². The van der Waals surface area contributed by atoms with E-state index in [9.17, 15) is 4.79 Å².